The van der Waals surface area contributed by atoms with Crippen LogP contribution in [0.25, 0.3) is 10.6 Å². The van der Waals surface area contributed by atoms with E-state index in [2.05, 4.69) is 10.4 Å². The first kappa shape index (κ1) is 21.3. The summed E-state index contributed by atoms with van der Waals surface area (Å²) < 4.78 is 6.70. The third-order valence-electron chi connectivity index (χ3n) is 5.96. The molecular weight excluding hydrogens is 410 g/mol. The zero-order chi connectivity index (χ0) is 22.0. The molecule has 0 spiro atoms. The van der Waals surface area contributed by atoms with Crippen LogP contribution >= 0.6 is 11.3 Å². The number of carbonyl (C=O) groups is 1. The largest absolute Gasteiger partial charge is 0.497 e. The van der Waals surface area contributed by atoms with Crippen molar-refractivity contribution in [2.45, 2.75) is 44.7 Å². The Morgan fingerprint density at radius 2 is 1.94 bits per heavy atom. The van der Waals surface area contributed by atoms with E-state index in [0.717, 1.165) is 34.7 Å². The van der Waals surface area contributed by atoms with Gasteiger partial charge in [0.15, 0.2) is 0 Å². The minimum atomic E-state index is -0.489. The summed E-state index contributed by atoms with van der Waals surface area (Å²) in [6.07, 6.45) is 1.64. The summed E-state index contributed by atoms with van der Waals surface area (Å²) in [5.74, 6) is 0.935. The minimum absolute atomic E-state index is 0.0128. The molecule has 0 unspecified atom stereocenters. The molecule has 0 saturated heterocycles. The minimum Gasteiger partial charge on any atom is -0.497 e. The molecule has 7 heteroatoms. The smallest absolute Gasteiger partial charge is 0.266 e. The highest BCUT2D eigenvalue weighted by Crippen LogP contribution is 2.48. The van der Waals surface area contributed by atoms with Crippen LogP contribution in [0.2, 0.25) is 0 Å². The van der Waals surface area contributed by atoms with E-state index in [1.54, 1.807) is 30.6 Å². The lowest BCUT2D eigenvalue weighted by Crippen LogP contribution is -2.47. The van der Waals surface area contributed by atoms with E-state index in [-0.39, 0.29) is 23.4 Å². The molecule has 2 heterocycles. The number of hydrogen-bond donors (Lipinski definition) is 1. The quantitative estimate of drug-likeness (QED) is 0.581. The van der Waals surface area contributed by atoms with Gasteiger partial charge in [0.2, 0.25) is 5.91 Å². The SMILES string of the molecule is COc1ccc(C2(C(=O)N[C@H](Cn3nc(-c4cccs4)ccc3=O)C(C)C)CC2)cc1. The maximum Gasteiger partial charge on any atom is 0.266 e. The zero-order valence-corrected chi connectivity index (χ0v) is 18.8. The van der Waals surface area contributed by atoms with Gasteiger partial charge in [-0.2, -0.15) is 5.10 Å². The fourth-order valence-electron chi connectivity index (χ4n) is 3.73. The van der Waals surface area contributed by atoms with Gasteiger partial charge in [0.25, 0.3) is 5.56 Å². The van der Waals surface area contributed by atoms with Crippen molar-refractivity contribution < 1.29 is 9.53 Å². The normalized spacial score (nSPS) is 15.5. The summed E-state index contributed by atoms with van der Waals surface area (Å²) in [6, 6.07) is 14.7. The fourth-order valence-corrected chi connectivity index (χ4v) is 4.42. The number of benzene rings is 1. The molecule has 4 rings (SSSR count). The summed E-state index contributed by atoms with van der Waals surface area (Å²) in [4.78, 5) is 26.7. The molecule has 162 valence electrons. The Morgan fingerprint density at radius 3 is 2.52 bits per heavy atom. The number of thiophene rings is 1. The third-order valence-corrected chi connectivity index (χ3v) is 6.85. The third kappa shape index (κ3) is 4.42. The highest BCUT2D eigenvalue weighted by atomic mass is 32.1. The Morgan fingerprint density at radius 1 is 1.19 bits per heavy atom. The molecule has 1 fully saturated rings. The molecule has 2 aromatic heterocycles. The van der Waals surface area contributed by atoms with Gasteiger partial charge < -0.3 is 10.1 Å². The predicted octanol–water partition coefficient (Wildman–Crippen LogP) is 3.85. The van der Waals surface area contributed by atoms with Crippen LogP contribution in [0.1, 0.15) is 32.3 Å². The van der Waals surface area contributed by atoms with E-state index in [1.807, 2.05) is 55.6 Å². The standard InChI is InChI=1S/C24H27N3O3S/c1-16(2)20(15-27-22(28)11-10-19(26-27)21-5-4-14-31-21)25-23(29)24(12-13-24)17-6-8-18(30-3)9-7-17/h4-11,14,16,20H,12-13,15H2,1-3H3,(H,25,29)/t20-/m1/s1. The summed E-state index contributed by atoms with van der Waals surface area (Å²) in [5.41, 5.74) is 1.11. The summed E-state index contributed by atoms with van der Waals surface area (Å²) in [5, 5.41) is 9.74. The van der Waals surface area contributed by atoms with E-state index in [1.165, 1.54) is 4.68 Å². The van der Waals surface area contributed by atoms with E-state index < -0.39 is 5.41 Å². The molecule has 1 amide bonds. The number of nitrogens with one attached hydrogen (secondary N) is 1. The Hall–Kier alpha value is -2.93. The van der Waals surface area contributed by atoms with Gasteiger partial charge in [-0.1, -0.05) is 32.0 Å². The second-order valence-electron chi connectivity index (χ2n) is 8.35. The highest BCUT2D eigenvalue weighted by Gasteiger charge is 2.51. The van der Waals surface area contributed by atoms with E-state index >= 15 is 0 Å². The van der Waals surface area contributed by atoms with E-state index in [4.69, 9.17) is 4.74 Å². The molecule has 0 radical (unpaired) electrons. The van der Waals surface area contributed by atoms with Crippen molar-refractivity contribution in [3.63, 3.8) is 0 Å². The maximum absolute atomic E-state index is 13.3. The number of ether oxygens (including phenoxy) is 1. The van der Waals surface area contributed by atoms with E-state index in [0.29, 0.717) is 6.54 Å². The number of nitrogens with zero attached hydrogens (tertiary/aromatic N) is 2. The number of rotatable bonds is 8. The van der Waals surface area contributed by atoms with Gasteiger partial charge >= 0.3 is 0 Å². The maximum atomic E-state index is 13.3. The second kappa shape index (κ2) is 8.67. The number of amides is 1. The molecule has 31 heavy (non-hydrogen) atoms. The van der Waals surface area contributed by atoms with Crippen molar-refractivity contribution in [1.29, 1.82) is 0 Å². The number of hydrogen-bond acceptors (Lipinski definition) is 5. The van der Waals surface area contributed by atoms with Gasteiger partial charge in [-0.15, -0.1) is 11.3 Å². The lowest BCUT2D eigenvalue weighted by Gasteiger charge is -2.26. The summed E-state index contributed by atoms with van der Waals surface area (Å²) in [7, 11) is 1.63. The van der Waals surface area contributed by atoms with E-state index in [9.17, 15) is 9.59 Å². The monoisotopic (exact) mass is 437 g/mol. The molecule has 0 bridgehead atoms. The van der Waals surface area contributed by atoms with Crippen LogP contribution in [0, 0.1) is 5.92 Å². The lowest BCUT2D eigenvalue weighted by atomic mass is 9.93. The van der Waals surface area contributed by atoms with Crippen LogP contribution < -0.4 is 15.6 Å². The molecule has 1 aliphatic rings. The summed E-state index contributed by atoms with van der Waals surface area (Å²) in [6.45, 7) is 4.43. The average Bonchev–Trinajstić information content (AvgIpc) is 3.41. The molecule has 0 aliphatic heterocycles. The molecule has 1 aliphatic carbocycles. The van der Waals surface area contributed by atoms with Gasteiger partial charge in [-0.25, -0.2) is 4.68 Å². The van der Waals surface area contributed by atoms with Gasteiger partial charge in [0.05, 0.1) is 30.0 Å². The molecule has 6 nitrogen and oxygen atoms in total. The Kier molecular flexibility index (Phi) is 5.96. The van der Waals surface area contributed by atoms with Crippen molar-refractivity contribution in [2.75, 3.05) is 7.11 Å². The second-order valence-corrected chi connectivity index (χ2v) is 9.30. The fraction of sp³-hybridized carbons (Fsp3) is 0.375. The first-order valence-electron chi connectivity index (χ1n) is 10.5. The predicted molar refractivity (Wildman–Crippen MR) is 122 cm³/mol. The van der Waals surface area contributed by atoms with Gasteiger partial charge in [-0.3, -0.25) is 9.59 Å². The van der Waals surface area contributed by atoms with Gasteiger partial charge in [-0.05, 0) is 54.0 Å². The molecule has 1 saturated carbocycles. The van der Waals surface area contributed by atoms with Crippen molar-refractivity contribution in [2.24, 2.45) is 5.92 Å². The van der Waals surface area contributed by atoms with Crippen molar-refractivity contribution in [1.82, 2.24) is 15.1 Å². The number of carbonyl (C=O) groups excluding carboxylic acids is 1. The van der Waals surface area contributed by atoms with Crippen molar-refractivity contribution in [3.8, 4) is 16.3 Å². The summed E-state index contributed by atoms with van der Waals surface area (Å²) >= 11 is 1.58. The van der Waals surface area contributed by atoms with Crippen LogP contribution in [-0.4, -0.2) is 28.8 Å². The van der Waals surface area contributed by atoms with Crippen LogP contribution in [0.5, 0.6) is 5.75 Å². The molecule has 1 atom stereocenters. The average molecular weight is 438 g/mol. The van der Waals surface area contributed by atoms with Crippen LogP contribution in [0.3, 0.4) is 0 Å². The van der Waals surface area contributed by atoms with Crippen molar-refractivity contribution in [3.05, 3.63) is 69.8 Å². The van der Waals surface area contributed by atoms with Gasteiger partial charge in [0.1, 0.15) is 11.4 Å². The van der Waals surface area contributed by atoms with Crippen LogP contribution in [-0.2, 0) is 16.8 Å². The number of aromatic nitrogens is 2. The molecule has 3 aromatic rings. The first-order chi connectivity index (χ1) is 14.9. The zero-order valence-electron chi connectivity index (χ0n) is 18.0. The topological polar surface area (TPSA) is 73.2 Å². The van der Waals surface area contributed by atoms with Crippen LogP contribution in [0.4, 0.5) is 0 Å². The first-order valence-corrected chi connectivity index (χ1v) is 11.4. The molecule has 1 aromatic carbocycles. The molecular formula is C24H27N3O3S. The van der Waals surface area contributed by atoms with Crippen LogP contribution in [0.15, 0.2) is 58.7 Å². The highest BCUT2D eigenvalue weighted by molar-refractivity contribution is 7.13. The Bertz CT molecular complexity index is 1100. The molecule has 1 N–H and O–H groups in total. The number of methoxy groups -OCH3 is 1. The Labute approximate surface area is 185 Å². The van der Waals surface area contributed by atoms with Gasteiger partial charge in [0, 0.05) is 6.07 Å². The Balaban J connectivity index is 1.53. The lowest BCUT2D eigenvalue weighted by molar-refractivity contribution is -0.124. The van der Waals surface area contributed by atoms with Crippen molar-refractivity contribution >= 4 is 17.2 Å².